The van der Waals surface area contributed by atoms with Crippen LogP contribution in [0.5, 0.6) is 0 Å². The third-order valence-electron chi connectivity index (χ3n) is 2.68. The Kier molecular flexibility index (Phi) is 6.16. The second kappa shape index (κ2) is 7.44. The summed E-state index contributed by atoms with van der Waals surface area (Å²) in [6, 6.07) is 8.73. The van der Waals surface area contributed by atoms with Crippen LogP contribution >= 0.6 is 15.9 Å². The van der Waals surface area contributed by atoms with E-state index < -0.39 is 0 Å². The van der Waals surface area contributed by atoms with Gasteiger partial charge in [-0.3, -0.25) is 4.79 Å². The number of ether oxygens (including phenoxy) is 1. The highest BCUT2D eigenvalue weighted by Gasteiger charge is 2.18. The first-order chi connectivity index (χ1) is 7.77. The molecular weight excluding hydrogens is 268 g/mol. The van der Waals surface area contributed by atoms with Gasteiger partial charge >= 0.3 is 0 Å². The molecule has 16 heavy (non-hydrogen) atoms. The number of benzene rings is 1. The molecule has 1 aliphatic rings. The summed E-state index contributed by atoms with van der Waals surface area (Å²) in [6.07, 6.45) is 4.20. The van der Waals surface area contributed by atoms with Gasteiger partial charge in [0.2, 0.25) is 0 Å². The Bertz CT molecular complexity index is 304. The maximum absolute atomic E-state index is 9.18. The summed E-state index contributed by atoms with van der Waals surface area (Å²) in [5, 5.41) is 0. The van der Waals surface area contributed by atoms with E-state index in [1.54, 1.807) is 6.92 Å². The molecule has 0 heterocycles. The minimum Gasteiger partial charge on any atom is -0.468 e. The van der Waals surface area contributed by atoms with E-state index in [9.17, 15) is 4.79 Å². The fourth-order valence-electron chi connectivity index (χ4n) is 1.54. The van der Waals surface area contributed by atoms with Crippen LogP contribution in [0.2, 0.25) is 0 Å². The Morgan fingerprint density at radius 2 is 2.00 bits per heavy atom. The Morgan fingerprint density at radius 3 is 2.31 bits per heavy atom. The van der Waals surface area contributed by atoms with Gasteiger partial charge in [0.25, 0.3) is 6.47 Å². The topological polar surface area (TPSA) is 26.3 Å². The molecule has 0 bridgehead atoms. The minimum absolute atomic E-state index is 0.431. The number of carbonyl (C=O) groups is 1. The molecule has 0 aliphatic heterocycles. The first-order valence-corrected chi connectivity index (χ1v) is 6.38. The molecule has 0 N–H and O–H groups in total. The van der Waals surface area contributed by atoms with E-state index in [1.807, 2.05) is 0 Å². The summed E-state index contributed by atoms with van der Waals surface area (Å²) in [6.45, 7) is 2.66. The number of hydrogen-bond donors (Lipinski definition) is 0. The van der Waals surface area contributed by atoms with Gasteiger partial charge in [-0.25, -0.2) is 0 Å². The highest BCUT2D eigenvalue weighted by atomic mass is 79.9. The van der Waals surface area contributed by atoms with Crippen LogP contribution in [-0.4, -0.2) is 13.1 Å². The van der Waals surface area contributed by atoms with E-state index in [0.29, 0.717) is 13.1 Å². The van der Waals surface area contributed by atoms with Crippen LogP contribution in [0, 0.1) is 0 Å². The lowest BCUT2D eigenvalue weighted by Gasteiger charge is -2.25. The third kappa shape index (κ3) is 4.35. The van der Waals surface area contributed by atoms with Crippen LogP contribution < -0.4 is 0 Å². The molecule has 1 saturated carbocycles. The van der Waals surface area contributed by atoms with Crippen molar-refractivity contribution in [3.63, 3.8) is 0 Å². The van der Waals surface area contributed by atoms with E-state index in [-0.39, 0.29) is 0 Å². The van der Waals surface area contributed by atoms with Gasteiger partial charge in [-0.1, -0.05) is 34.5 Å². The van der Waals surface area contributed by atoms with Crippen molar-refractivity contribution in [2.75, 3.05) is 6.61 Å². The monoisotopic (exact) mass is 284 g/mol. The molecule has 0 aromatic heterocycles. The molecule has 1 aromatic rings. The van der Waals surface area contributed by atoms with Crippen molar-refractivity contribution in [1.29, 1.82) is 0 Å². The van der Waals surface area contributed by atoms with Crippen molar-refractivity contribution in [1.82, 2.24) is 0 Å². The Hall–Kier alpha value is -0.830. The van der Waals surface area contributed by atoms with Gasteiger partial charge in [-0.15, -0.1) is 0 Å². The number of rotatable bonds is 3. The standard InChI is InChI=1S/C10H11Br.C3H6O2/c11-10-6-4-9(5-7-10)8-2-1-3-8;1-2-5-3-4/h4-8H,1-3H2;3H,2H2,1H3. The van der Waals surface area contributed by atoms with E-state index in [1.165, 1.54) is 29.3 Å². The predicted octanol–water partition coefficient (Wildman–Crippen LogP) is 3.90. The SMILES string of the molecule is Brc1ccc(C2CCC2)cc1.CCOC=O. The van der Waals surface area contributed by atoms with Crippen LogP contribution in [0.15, 0.2) is 28.7 Å². The molecular formula is C13H17BrO2. The first kappa shape index (κ1) is 13.2. The summed E-state index contributed by atoms with van der Waals surface area (Å²) in [5.41, 5.74) is 1.51. The Labute approximate surface area is 105 Å². The Balaban J connectivity index is 0.000000221. The average molecular weight is 285 g/mol. The maximum atomic E-state index is 9.18. The van der Waals surface area contributed by atoms with Crippen LogP contribution in [0.1, 0.15) is 37.7 Å². The molecule has 0 spiro atoms. The van der Waals surface area contributed by atoms with Gasteiger partial charge in [0, 0.05) is 4.47 Å². The van der Waals surface area contributed by atoms with Gasteiger partial charge in [0.05, 0.1) is 6.61 Å². The highest BCUT2D eigenvalue weighted by Crippen LogP contribution is 2.36. The molecule has 0 atom stereocenters. The molecule has 0 amide bonds. The molecule has 0 radical (unpaired) electrons. The minimum atomic E-state index is 0.431. The van der Waals surface area contributed by atoms with Crippen LogP contribution in [0.25, 0.3) is 0 Å². The van der Waals surface area contributed by atoms with Gasteiger partial charge in [-0.05, 0) is 43.4 Å². The lowest BCUT2D eigenvalue weighted by molar-refractivity contribution is -0.128. The molecule has 3 heteroatoms. The first-order valence-electron chi connectivity index (χ1n) is 5.58. The number of carbonyl (C=O) groups excluding carboxylic acids is 1. The molecule has 0 unspecified atom stereocenters. The summed E-state index contributed by atoms with van der Waals surface area (Å²) >= 11 is 3.43. The summed E-state index contributed by atoms with van der Waals surface area (Å²) < 4.78 is 5.33. The highest BCUT2D eigenvalue weighted by molar-refractivity contribution is 9.10. The molecule has 88 valence electrons. The maximum Gasteiger partial charge on any atom is 0.293 e. The third-order valence-corrected chi connectivity index (χ3v) is 3.21. The van der Waals surface area contributed by atoms with Crippen molar-refractivity contribution >= 4 is 22.4 Å². The molecule has 2 rings (SSSR count). The van der Waals surface area contributed by atoms with Crippen LogP contribution in [0.3, 0.4) is 0 Å². The van der Waals surface area contributed by atoms with Crippen LogP contribution in [0.4, 0.5) is 0 Å². The van der Waals surface area contributed by atoms with Crippen molar-refractivity contribution in [2.24, 2.45) is 0 Å². The lowest BCUT2D eigenvalue weighted by Crippen LogP contribution is -2.07. The smallest absolute Gasteiger partial charge is 0.293 e. The summed E-state index contributed by atoms with van der Waals surface area (Å²) in [4.78, 5) is 9.18. The second-order valence-electron chi connectivity index (χ2n) is 3.73. The fraction of sp³-hybridized carbons (Fsp3) is 0.462. The van der Waals surface area contributed by atoms with Crippen molar-refractivity contribution < 1.29 is 9.53 Å². The second-order valence-corrected chi connectivity index (χ2v) is 4.65. The molecule has 0 saturated heterocycles. The number of hydrogen-bond acceptors (Lipinski definition) is 2. The van der Waals surface area contributed by atoms with Crippen molar-refractivity contribution in [2.45, 2.75) is 32.1 Å². The van der Waals surface area contributed by atoms with E-state index in [0.717, 1.165) is 5.92 Å². The van der Waals surface area contributed by atoms with E-state index in [4.69, 9.17) is 0 Å². The number of halogens is 1. The normalized spacial score (nSPS) is 14.4. The predicted molar refractivity (Wildman–Crippen MR) is 68.4 cm³/mol. The largest absolute Gasteiger partial charge is 0.468 e. The fourth-order valence-corrected chi connectivity index (χ4v) is 1.81. The zero-order chi connectivity index (χ0) is 11.8. The molecule has 2 nitrogen and oxygen atoms in total. The molecule has 1 aromatic carbocycles. The molecule has 1 aliphatic carbocycles. The zero-order valence-electron chi connectivity index (χ0n) is 9.49. The van der Waals surface area contributed by atoms with Gasteiger partial charge in [0.15, 0.2) is 0 Å². The quantitative estimate of drug-likeness (QED) is 0.787. The van der Waals surface area contributed by atoms with Crippen molar-refractivity contribution in [3.8, 4) is 0 Å². The summed E-state index contributed by atoms with van der Waals surface area (Å²) in [7, 11) is 0. The van der Waals surface area contributed by atoms with Gasteiger partial charge in [0.1, 0.15) is 0 Å². The van der Waals surface area contributed by atoms with Gasteiger partial charge in [-0.2, -0.15) is 0 Å². The zero-order valence-corrected chi connectivity index (χ0v) is 11.1. The average Bonchev–Trinajstić information content (AvgIpc) is 2.21. The Morgan fingerprint density at radius 1 is 1.38 bits per heavy atom. The van der Waals surface area contributed by atoms with Crippen molar-refractivity contribution in [3.05, 3.63) is 34.3 Å². The van der Waals surface area contributed by atoms with E-state index in [2.05, 4.69) is 44.9 Å². The lowest BCUT2D eigenvalue weighted by atomic mass is 9.80. The van der Waals surface area contributed by atoms with Gasteiger partial charge < -0.3 is 4.74 Å². The summed E-state index contributed by atoms with van der Waals surface area (Å²) in [5.74, 6) is 0.864. The van der Waals surface area contributed by atoms with E-state index >= 15 is 0 Å². The molecule has 1 fully saturated rings. The van der Waals surface area contributed by atoms with Crippen LogP contribution in [-0.2, 0) is 9.53 Å².